The molecule has 3 rings (SSSR count). The van der Waals surface area contributed by atoms with Gasteiger partial charge in [-0.05, 0) is 0 Å². The first-order chi connectivity index (χ1) is 13.4. The number of hydrogen-bond acceptors (Lipinski definition) is 0. The Hall–Kier alpha value is 0.120. The molecule has 0 aromatic heterocycles. The molecule has 0 saturated carbocycles. The molecule has 3 aliphatic rings. The Balaban J connectivity index is -0.000000159. The summed E-state index contributed by atoms with van der Waals surface area (Å²) in [6.07, 6.45) is 25.5. The molecule has 2 radical (unpaired) electrons. The quantitative estimate of drug-likeness (QED) is 0.238. The monoisotopic (exact) mass is 556 g/mol. The molecule has 0 heterocycles. The summed E-state index contributed by atoms with van der Waals surface area (Å²) in [5.41, 5.74) is 7.04. The van der Waals surface area contributed by atoms with Crippen molar-refractivity contribution in [3.8, 4) is 0 Å². The van der Waals surface area contributed by atoms with E-state index in [4.69, 9.17) is 0 Å². The summed E-state index contributed by atoms with van der Waals surface area (Å²) in [7, 11) is 0.750. The van der Waals surface area contributed by atoms with E-state index in [2.05, 4.69) is 97.2 Å². The van der Waals surface area contributed by atoms with Crippen molar-refractivity contribution in [2.24, 2.45) is 5.92 Å². The maximum absolute atomic E-state index is 3.36. The summed E-state index contributed by atoms with van der Waals surface area (Å²) in [6, 6.07) is 0. The number of allylic oxidation sites excluding steroid dienone is 12. The fourth-order valence-corrected chi connectivity index (χ4v) is 2.94. The van der Waals surface area contributed by atoms with Crippen molar-refractivity contribution < 1.29 is 26.2 Å². The van der Waals surface area contributed by atoms with Crippen LogP contribution in [-0.2, 0) is 26.2 Å². The zero-order valence-corrected chi connectivity index (χ0v) is 26.3. The van der Waals surface area contributed by atoms with Gasteiger partial charge in [0, 0.05) is 9.52 Å². The fraction of sp³-hybridized carbons (Fsp3) is 0.556. The first-order valence-corrected chi connectivity index (χ1v) is 13.3. The SMILES string of the molecule is CC1=[C-]C(C)C(C)=C1C.CCCC1=[C-]CC=C1.CCCC1=[C-]CC=C1.C[SiH]C.Cl.Cl.[Zr+3]. The van der Waals surface area contributed by atoms with Crippen molar-refractivity contribution in [3.63, 3.8) is 0 Å². The molecule has 0 aromatic rings. The summed E-state index contributed by atoms with van der Waals surface area (Å²) in [5, 5.41) is 0. The topological polar surface area (TPSA) is 0 Å². The summed E-state index contributed by atoms with van der Waals surface area (Å²) < 4.78 is 0. The molecular formula is C27H44Cl2SiZr. The van der Waals surface area contributed by atoms with Gasteiger partial charge in [0.15, 0.2) is 0 Å². The van der Waals surface area contributed by atoms with Crippen LogP contribution >= 0.6 is 24.8 Å². The van der Waals surface area contributed by atoms with Gasteiger partial charge in [-0.15, -0.1) is 44.6 Å². The van der Waals surface area contributed by atoms with Crippen molar-refractivity contribution in [2.45, 2.75) is 93.2 Å². The summed E-state index contributed by atoms with van der Waals surface area (Å²) >= 11 is 0. The van der Waals surface area contributed by atoms with Gasteiger partial charge in [0.05, 0.1) is 0 Å². The van der Waals surface area contributed by atoms with Crippen molar-refractivity contribution in [1.29, 1.82) is 0 Å². The third-order valence-electron chi connectivity index (χ3n) is 4.81. The van der Waals surface area contributed by atoms with Crippen LogP contribution in [0.4, 0.5) is 0 Å². The third kappa shape index (κ3) is 18.3. The second-order valence-corrected chi connectivity index (χ2v) is 8.65. The average Bonchev–Trinajstić information content (AvgIpc) is 3.40. The maximum Gasteiger partial charge on any atom is 3.00 e. The number of halogens is 2. The van der Waals surface area contributed by atoms with Crippen LogP contribution in [0.25, 0.3) is 0 Å². The van der Waals surface area contributed by atoms with Crippen LogP contribution in [-0.4, -0.2) is 9.52 Å². The van der Waals surface area contributed by atoms with Gasteiger partial charge in [0.25, 0.3) is 0 Å². The molecule has 0 aromatic carbocycles. The van der Waals surface area contributed by atoms with E-state index in [1.54, 1.807) is 0 Å². The fourth-order valence-electron chi connectivity index (χ4n) is 2.94. The van der Waals surface area contributed by atoms with Crippen LogP contribution in [0.2, 0.25) is 13.1 Å². The van der Waals surface area contributed by atoms with E-state index in [9.17, 15) is 0 Å². The Bertz CT molecular complexity index is 593. The molecule has 0 fully saturated rings. The van der Waals surface area contributed by atoms with Gasteiger partial charge in [-0.2, -0.15) is 23.3 Å². The maximum atomic E-state index is 3.36. The van der Waals surface area contributed by atoms with E-state index in [1.165, 1.54) is 53.5 Å². The average molecular weight is 559 g/mol. The van der Waals surface area contributed by atoms with E-state index in [0.29, 0.717) is 5.92 Å². The molecule has 0 saturated heterocycles. The minimum absolute atomic E-state index is 0. The largest absolute Gasteiger partial charge is 3.00 e. The van der Waals surface area contributed by atoms with Crippen LogP contribution in [0.1, 0.15) is 80.1 Å². The molecule has 0 aliphatic heterocycles. The van der Waals surface area contributed by atoms with Gasteiger partial charge in [0.2, 0.25) is 0 Å². The van der Waals surface area contributed by atoms with Gasteiger partial charge in [-0.3, -0.25) is 18.2 Å². The normalized spacial score (nSPS) is 17.2. The number of rotatable bonds is 4. The second kappa shape index (κ2) is 24.8. The Morgan fingerprint density at radius 1 is 0.871 bits per heavy atom. The van der Waals surface area contributed by atoms with Crippen LogP contribution in [0.5, 0.6) is 0 Å². The van der Waals surface area contributed by atoms with Crippen molar-refractivity contribution >= 4 is 34.3 Å². The van der Waals surface area contributed by atoms with Gasteiger partial charge in [0.1, 0.15) is 0 Å². The van der Waals surface area contributed by atoms with Crippen LogP contribution < -0.4 is 0 Å². The first kappa shape index (κ1) is 38.4. The first-order valence-electron chi connectivity index (χ1n) is 10.9. The molecule has 0 amide bonds. The van der Waals surface area contributed by atoms with Gasteiger partial charge < -0.3 is 0 Å². The second-order valence-electron chi connectivity index (χ2n) is 7.49. The molecule has 1 atom stereocenters. The van der Waals surface area contributed by atoms with Crippen molar-refractivity contribution in [3.05, 3.63) is 70.4 Å². The summed E-state index contributed by atoms with van der Waals surface area (Å²) in [5.74, 6) is 0.560. The molecule has 0 bridgehead atoms. The van der Waals surface area contributed by atoms with Crippen molar-refractivity contribution in [2.75, 3.05) is 0 Å². The molecule has 1 unspecified atom stereocenters. The van der Waals surface area contributed by atoms with E-state index < -0.39 is 0 Å². The molecule has 31 heavy (non-hydrogen) atoms. The summed E-state index contributed by atoms with van der Waals surface area (Å²) in [4.78, 5) is 0. The van der Waals surface area contributed by atoms with Crippen LogP contribution in [0.15, 0.2) is 52.2 Å². The van der Waals surface area contributed by atoms with Crippen LogP contribution in [0.3, 0.4) is 0 Å². The van der Waals surface area contributed by atoms with Gasteiger partial charge in [-0.25, -0.2) is 28.9 Å². The molecule has 0 spiro atoms. The molecule has 0 nitrogen and oxygen atoms in total. The van der Waals surface area contributed by atoms with Crippen LogP contribution in [0, 0.1) is 24.1 Å². The smallest absolute Gasteiger partial charge is 0.269 e. The van der Waals surface area contributed by atoms with E-state index >= 15 is 0 Å². The molecule has 0 N–H and O–H groups in total. The van der Waals surface area contributed by atoms with E-state index in [0.717, 1.165) is 22.4 Å². The van der Waals surface area contributed by atoms with Crippen molar-refractivity contribution in [1.82, 2.24) is 0 Å². The predicted molar refractivity (Wildman–Crippen MR) is 144 cm³/mol. The predicted octanol–water partition coefficient (Wildman–Crippen LogP) is 9.03. The molecule has 4 heteroatoms. The third-order valence-corrected chi connectivity index (χ3v) is 4.81. The summed E-state index contributed by atoms with van der Waals surface area (Å²) in [6.45, 7) is 17.5. The van der Waals surface area contributed by atoms with Gasteiger partial charge >= 0.3 is 26.2 Å². The standard InChI is InChI=1S/C9H13.2C8H11.C2H7Si.2ClH.Zr/c1-6-5-7(2)9(4)8(6)3;2*1-2-5-8-6-3-4-7-8;1-3-2;;;/h6H,1-4H3;2*3,6H,2,4-5H2,1H3;3H,1-2H3;2*1H;/q3*-1;;;;+3. The molecule has 3 aliphatic carbocycles. The molecule has 174 valence electrons. The van der Waals surface area contributed by atoms with Gasteiger partial charge in [-0.1, -0.05) is 79.3 Å². The zero-order chi connectivity index (χ0) is 21.4. The zero-order valence-electron chi connectivity index (χ0n) is 21.0. The Morgan fingerprint density at radius 2 is 1.26 bits per heavy atom. The van der Waals surface area contributed by atoms with E-state index in [1.807, 2.05) is 0 Å². The molecular weight excluding hydrogens is 515 g/mol. The van der Waals surface area contributed by atoms with E-state index in [-0.39, 0.29) is 51.0 Å². The number of hydrogen-bond donors (Lipinski definition) is 0. The Kier molecular flexibility index (Phi) is 30.7. The minimum Gasteiger partial charge on any atom is -0.269 e. The Labute approximate surface area is 228 Å². The minimum atomic E-state index is 0. The Morgan fingerprint density at radius 3 is 1.42 bits per heavy atom.